The highest BCUT2D eigenvalue weighted by Gasteiger charge is 2.14. The fourth-order valence-electron chi connectivity index (χ4n) is 1.65. The van der Waals surface area contributed by atoms with Crippen molar-refractivity contribution in [2.75, 3.05) is 5.33 Å². The van der Waals surface area contributed by atoms with E-state index in [1.165, 1.54) is 16.5 Å². The van der Waals surface area contributed by atoms with E-state index >= 15 is 0 Å². The highest BCUT2D eigenvalue weighted by atomic mass is 79.9. The molecule has 1 atom stereocenters. The Morgan fingerprint density at radius 1 is 1.21 bits per heavy atom. The first-order valence-corrected chi connectivity index (χ1v) is 6.87. The molecule has 0 aromatic heterocycles. The second kappa shape index (κ2) is 5.92. The van der Waals surface area contributed by atoms with Gasteiger partial charge in [0.25, 0.3) is 0 Å². The van der Waals surface area contributed by atoms with Crippen molar-refractivity contribution in [1.29, 1.82) is 0 Å². The van der Waals surface area contributed by atoms with E-state index in [2.05, 4.69) is 70.0 Å². The summed E-state index contributed by atoms with van der Waals surface area (Å²) < 4.78 is 1.23. The molecule has 78 valence electrons. The molecule has 0 bridgehead atoms. The smallest absolute Gasteiger partial charge is 0.0210 e. The van der Waals surface area contributed by atoms with Crippen LogP contribution in [0.25, 0.3) is 0 Å². The Labute approximate surface area is 103 Å². The largest absolute Gasteiger partial charge is 0.0921 e. The fourth-order valence-corrected chi connectivity index (χ4v) is 2.87. The highest BCUT2D eigenvalue weighted by Crippen LogP contribution is 2.30. The van der Waals surface area contributed by atoms with Crippen molar-refractivity contribution >= 4 is 31.9 Å². The maximum absolute atomic E-state index is 3.61. The highest BCUT2D eigenvalue weighted by molar-refractivity contribution is 9.10. The summed E-state index contributed by atoms with van der Waals surface area (Å²) in [4.78, 5) is 0. The molecule has 0 aliphatic rings. The lowest BCUT2D eigenvalue weighted by Crippen LogP contribution is -2.05. The predicted octanol–water partition coefficient (Wildman–Crippen LogP) is 4.97. The number of alkyl halides is 1. The van der Waals surface area contributed by atoms with Crippen LogP contribution >= 0.6 is 31.9 Å². The molecule has 0 aliphatic heterocycles. The van der Waals surface area contributed by atoms with Gasteiger partial charge in [-0.25, -0.2) is 0 Å². The van der Waals surface area contributed by atoms with Gasteiger partial charge in [0.2, 0.25) is 0 Å². The molecule has 0 aliphatic carbocycles. The Hall–Kier alpha value is 0.180. The van der Waals surface area contributed by atoms with Gasteiger partial charge in [0.05, 0.1) is 0 Å². The topological polar surface area (TPSA) is 0 Å². The zero-order valence-corrected chi connectivity index (χ0v) is 11.8. The maximum atomic E-state index is 3.61. The van der Waals surface area contributed by atoms with Crippen molar-refractivity contribution in [3.05, 3.63) is 34.3 Å². The van der Waals surface area contributed by atoms with Crippen molar-refractivity contribution in [3.8, 4) is 0 Å². The van der Waals surface area contributed by atoms with Gasteiger partial charge < -0.3 is 0 Å². The van der Waals surface area contributed by atoms with Crippen LogP contribution in [0.15, 0.2) is 28.7 Å². The lowest BCUT2D eigenvalue weighted by molar-refractivity contribution is 0.528. The standard InChI is InChI=1S/C12H16Br2/c1-9(2)7-10(8-13)11-5-3-4-6-12(11)14/h3-6,9-10H,7-8H2,1-2H3. The second-order valence-electron chi connectivity index (χ2n) is 4.00. The molecular formula is C12H16Br2. The van der Waals surface area contributed by atoms with E-state index in [-0.39, 0.29) is 0 Å². The molecule has 1 aromatic rings. The third kappa shape index (κ3) is 3.39. The number of hydrogen-bond acceptors (Lipinski definition) is 0. The van der Waals surface area contributed by atoms with Crippen LogP contribution in [0, 0.1) is 5.92 Å². The van der Waals surface area contributed by atoms with E-state index < -0.39 is 0 Å². The minimum atomic E-state index is 0.616. The molecule has 0 saturated carbocycles. The number of benzene rings is 1. The zero-order chi connectivity index (χ0) is 10.6. The van der Waals surface area contributed by atoms with Crippen LogP contribution in [-0.2, 0) is 0 Å². The van der Waals surface area contributed by atoms with Crippen LogP contribution in [0.1, 0.15) is 31.7 Å². The van der Waals surface area contributed by atoms with Crippen molar-refractivity contribution in [2.24, 2.45) is 5.92 Å². The Morgan fingerprint density at radius 3 is 2.36 bits per heavy atom. The summed E-state index contributed by atoms with van der Waals surface area (Å²) in [5.41, 5.74) is 1.41. The average molecular weight is 320 g/mol. The van der Waals surface area contributed by atoms with E-state index in [0.29, 0.717) is 5.92 Å². The molecule has 2 heteroatoms. The molecule has 0 heterocycles. The van der Waals surface area contributed by atoms with Crippen molar-refractivity contribution < 1.29 is 0 Å². The predicted molar refractivity (Wildman–Crippen MR) is 70.1 cm³/mol. The first-order valence-electron chi connectivity index (χ1n) is 4.95. The van der Waals surface area contributed by atoms with Gasteiger partial charge in [-0.1, -0.05) is 63.9 Å². The normalized spacial score (nSPS) is 13.2. The lowest BCUT2D eigenvalue weighted by atomic mass is 9.92. The monoisotopic (exact) mass is 318 g/mol. The van der Waals surface area contributed by atoms with Gasteiger partial charge >= 0.3 is 0 Å². The van der Waals surface area contributed by atoms with E-state index in [1.807, 2.05) is 0 Å². The Balaban J connectivity index is 2.83. The molecule has 1 unspecified atom stereocenters. The zero-order valence-electron chi connectivity index (χ0n) is 8.63. The van der Waals surface area contributed by atoms with Crippen LogP contribution in [0.4, 0.5) is 0 Å². The first-order chi connectivity index (χ1) is 6.65. The number of halogens is 2. The van der Waals surface area contributed by atoms with E-state index in [0.717, 1.165) is 11.2 Å². The van der Waals surface area contributed by atoms with Crippen LogP contribution < -0.4 is 0 Å². The number of rotatable bonds is 4. The van der Waals surface area contributed by atoms with Gasteiger partial charge in [0.15, 0.2) is 0 Å². The van der Waals surface area contributed by atoms with Crippen LogP contribution in [0.2, 0.25) is 0 Å². The molecule has 0 fully saturated rings. The molecule has 0 N–H and O–H groups in total. The second-order valence-corrected chi connectivity index (χ2v) is 5.50. The minimum Gasteiger partial charge on any atom is -0.0921 e. The van der Waals surface area contributed by atoms with Crippen LogP contribution in [-0.4, -0.2) is 5.33 Å². The SMILES string of the molecule is CC(C)CC(CBr)c1ccccc1Br. The van der Waals surface area contributed by atoms with Crippen molar-refractivity contribution in [3.63, 3.8) is 0 Å². The molecule has 14 heavy (non-hydrogen) atoms. The summed E-state index contributed by atoms with van der Waals surface area (Å²) >= 11 is 7.20. The quantitative estimate of drug-likeness (QED) is 0.687. The summed E-state index contributed by atoms with van der Waals surface area (Å²) in [6.07, 6.45) is 1.23. The summed E-state index contributed by atoms with van der Waals surface area (Å²) in [5, 5.41) is 1.04. The molecule has 1 aromatic carbocycles. The van der Waals surface area contributed by atoms with E-state index in [4.69, 9.17) is 0 Å². The Morgan fingerprint density at radius 2 is 1.86 bits per heavy atom. The van der Waals surface area contributed by atoms with Crippen molar-refractivity contribution in [2.45, 2.75) is 26.2 Å². The summed E-state index contributed by atoms with van der Waals surface area (Å²) in [6, 6.07) is 8.49. The van der Waals surface area contributed by atoms with Crippen LogP contribution in [0.5, 0.6) is 0 Å². The maximum Gasteiger partial charge on any atom is 0.0210 e. The third-order valence-corrected chi connectivity index (χ3v) is 3.79. The van der Waals surface area contributed by atoms with E-state index in [9.17, 15) is 0 Å². The van der Waals surface area contributed by atoms with Gasteiger partial charge in [0, 0.05) is 9.80 Å². The summed E-state index contributed by atoms with van der Waals surface area (Å²) in [7, 11) is 0. The molecular weight excluding hydrogens is 304 g/mol. The van der Waals surface area contributed by atoms with Crippen LogP contribution in [0.3, 0.4) is 0 Å². The molecule has 0 spiro atoms. The lowest BCUT2D eigenvalue weighted by Gasteiger charge is -2.18. The average Bonchev–Trinajstić information content (AvgIpc) is 2.15. The molecule has 0 nitrogen and oxygen atoms in total. The van der Waals surface area contributed by atoms with E-state index in [1.54, 1.807) is 0 Å². The molecule has 0 amide bonds. The summed E-state index contributed by atoms with van der Waals surface area (Å²) in [5.74, 6) is 1.36. The Kier molecular flexibility index (Phi) is 5.18. The minimum absolute atomic E-state index is 0.616. The Bertz CT molecular complexity index is 281. The van der Waals surface area contributed by atoms with Gasteiger partial charge in [0.1, 0.15) is 0 Å². The van der Waals surface area contributed by atoms with Gasteiger partial charge in [-0.05, 0) is 29.9 Å². The summed E-state index contributed by atoms with van der Waals surface area (Å²) in [6.45, 7) is 4.54. The number of hydrogen-bond donors (Lipinski definition) is 0. The van der Waals surface area contributed by atoms with Gasteiger partial charge in [-0.15, -0.1) is 0 Å². The molecule has 0 saturated heterocycles. The van der Waals surface area contributed by atoms with Crippen molar-refractivity contribution in [1.82, 2.24) is 0 Å². The molecule has 0 radical (unpaired) electrons. The molecule has 1 rings (SSSR count). The first kappa shape index (κ1) is 12.3. The van der Waals surface area contributed by atoms with Gasteiger partial charge in [-0.2, -0.15) is 0 Å². The van der Waals surface area contributed by atoms with Gasteiger partial charge in [-0.3, -0.25) is 0 Å². The fraction of sp³-hybridized carbons (Fsp3) is 0.500. The third-order valence-electron chi connectivity index (χ3n) is 2.29.